The molecule has 0 amide bonds. The smallest absolute Gasteiger partial charge is 0.341 e. The molecule has 2 fully saturated rings. The summed E-state index contributed by atoms with van der Waals surface area (Å²) in [5.74, 6) is -1.96. The zero-order chi connectivity index (χ0) is 25.4. The highest BCUT2D eigenvalue weighted by atomic mass is 32.2. The van der Waals surface area contributed by atoms with Crippen molar-refractivity contribution in [1.82, 2.24) is 9.55 Å². The van der Waals surface area contributed by atoms with Crippen LogP contribution in [0.1, 0.15) is 36.2 Å². The van der Waals surface area contributed by atoms with Crippen LogP contribution in [0.3, 0.4) is 0 Å². The number of aromatic carboxylic acids is 1. The van der Waals surface area contributed by atoms with Crippen molar-refractivity contribution < 1.29 is 32.1 Å². The molecule has 2 aromatic rings. The maximum Gasteiger partial charge on any atom is 0.341 e. The van der Waals surface area contributed by atoms with Gasteiger partial charge in [0.1, 0.15) is 18.3 Å². The van der Waals surface area contributed by atoms with Gasteiger partial charge in [-0.15, -0.1) is 0 Å². The Morgan fingerprint density at radius 1 is 1.44 bits per heavy atom. The van der Waals surface area contributed by atoms with Gasteiger partial charge in [-0.1, -0.05) is 12.1 Å². The number of carbonyl (C=O) groups is 1. The third-order valence-corrected chi connectivity index (χ3v) is 5.64. The van der Waals surface area contributed by atoms with Crippen LogP contribution in [-0.2, 0) is 15.0 Å². The number of carboxylic acid groups (broad SMARTS) is 1. The molecular formula is C20H26FN5O7S. The average molecular weight is 500 g/mol. The van der Waals surface area contributed by atoms with Gasteiger partial charge in [-0.3, -0.25) is 9.35 Å². The van der Waals surface area contributed by atoms with Gasteiger partial charge in [0.15, 0.2) is 11.6 Å². The third-order valence-electron chi connectivity index (χ3n) is 5.64. The first-order chi connectivity index (χ1) is 15.8. The average Bonchev–Trinajstić information content (AvgIpc) is 3.51. The molecule has 2 aliphatic rings. The Labute approximate surface area is 194 Å². The third kappa shape index (κ3) is 5.34. The van der Waals surface area contributed by atoms with Crippen molar-refractivity contribution >= 4 is 38.7 Å². The highest BCUT2D eigenvalue weighted by molar-refractivity contribution is 7.85. The monoisotopic (exact) mass is 499 g/mol. The fourth-order valence-corrected chi connectivity index (χ4v) is 3.76. The van der Waals surface area contributed by atoms with Crippen molar-refractivity contribution in [1.29, 1.82) is 0 Å². The van der Waals surface area contributed by atoms with Crippen LogP contribution in [0.2, 0.25) is 0 Å². The Hall–Kier alpha value is -3.10. The number of fused-ring (bicyclic) bond motifs is 1. The van der Waals surface area contributed by atoms with Crippen LogP contribution in [0.25, 0.3) is 11.0 Å². The van der Waals surface area contributed by atoms with E-state index in [1.165, 1.54) is 13.3 Å². The molecule has 1 saturated heterocycles. The number of hydrogen-bond acceptors (Lipinski definition) is 9. The van der Waals surface area contributed by atoms with E-state index in [0.717, 1.165) is 18.9 Å². The second-order valence-corrected chi connectivity index (χ2v) is 10.0. The first-order valence-corrected chi connectivity index (χ1v) is 12.1. The number of rotatable bonds is 5. The van der Waals surface area contributed by atoms with Gasteiger partial charge in [-0.2, -0.15) is 8.42 Å². The first-order valence-electron chi connectivity index (χ1n) is 10.3. The Morgan fingerprint density at radius 2 is 2.06 bits per heavy atom. The molecule has 1 saturated carbocycles. The molecule has 34 heavy (non-hydrogen) atoms. The van der Waals surface area contributed by atoms with Crippen molar-refractivity contribution in [3.8, 4) is 0 Å². The number of nitrogens with zero attached hydrogens (tertiary/aromatic N) is 4. The second kappa shape index (κ2) is 9.27. The fourth-order valence-electron chi connectivity index (χ4n) is 3.76. The van der Waals surface area contributed by atoms with E-state index in [9.17, 15) is 27.5 Å². The van der Waals surface area contributed by atoms with Gasteiger partial charge in [-0.05, 0) is 18.9 Å². The molecular weight excluding hydrogens is 473 g/mol. The lowest BCUT2D eigenvalue weighted by Gasteiger charge is -2.23. The molecule has 0 aromatic carbocycles. The quantitative estimate of drug-likeness (QED) is 0.395. The summed E-state index contributed by atoms with van der Waals surface area (Å²) in [5, 5.41) is 13.3. The Morgan fingerprint density at radius 3 is 2.56 bits per heavy atom. The molecule has 1 atom stereocenters. The SMILES string of the molecule is CO/N=C1/CN(c2nc3c(cc2F)c(=O)c(C(=O)O)cn3C2CC2)CC1(C)CN.CS(=O)(=O)O. The largest absolute Gasteiger partial charge is 0.477 e. The molecule has 1 aliphatic heterocycles. The summed E-state index contributed by atoms with van der Waals surface area (Å²) in [6, 6.07) is 1.14. The number of nitrogens with two attached hydrogens (primary N) is 1. The van der Waals surface area contributed by atoms with E-state index < -0.39 is 32.7 Å². The number of pyridine rings is 2. The predicted molar refractivity (Wildman–Crippen MR) is 122 cm³/mol. The van der Waals surface area contributed by atoms with Gasteiger partial charge in [0.2, 0.25) is 5.43 Å². The van der Waals surface area contributed by atoms with Crippen molar-refractivity contribution in [2.75, 3.05) is 37.9 Å². The zero-order valence-electron chi connectivity index (χ0n) is 18.9. The van der Waals surface area contributed by atoms with Gasteiger partial charge in [0.25, 0.3) is 10.1 Å². The van der Waals surface area contributed by atoms with Crippen LogP contribution in [0.15, 0.2) is 22.2 Å². The molecule has 1 unspecified atom stereocenters. The van der Waals surface area contributed by atoms with Crippen LogP contribution in [0.5, 0.6) is 0 Å². The number of oxime groups is 1. The maximum absolute atomic E-state index is 15.0. The minimum atomic E-state index is -3.67. The summed E-state index contributed by atoms with van der Waals surface area (Å²) >= 11 is 0. The highest BCUT2D eigenvalue weighted by Gasteiger charge is 2.41. The Kier molecular flexibility index (Phi) is 6.96. The van der Waals surface area contributed by atoms with Crippen molar-refractivity contribution in [2.24, 2.45) is 16.3 Å². The van der Waals surface area contributed by atoms with Crippen molar-refractivity contribution in [3.63, 3.8) is 0 Å². The predicted octanol–water partition coefficient (Wildman–Crippen LogP) is 0.860. The molecule has 186 valence electrons. The fraction of sp³-hybridized carbons (Fsp3) is 0.500. The van der Waals surface area contributed by atoms with E-state index in [1.54, 1.807) is 9.47 Å². The summed E-state index contributed by atoms with van der Waals surface area (Å²) in [6.45, 7) is 2.90. The van der Waals surface area contributed by atoms with Crippen LogP contribution in [-0.4, -0.2) is 72.3 Å². The number of halogens is 1. The summed E-state index contributed by atoms with van der Waals surface area (Å²) in [6.07, 6.45) is 3.73. The van der Waals surface area contributed by atoms with E-state index in [0.29, 0.717) is 25.1 Å². The van der Waals surface area contributed by atoms with Crippen LogP contribution in [0.4, 0.5) is 10.2 Å². The molecule has 3 heterocycles. The van der Waals surface area contributed by atoms with E-state index in [1.807, 2.05) is 6.92 Å². The molecule has 4 N–H and O–H groups in total. The molecule has 0 bridgehead atoms. The number of aromatic nitrogens is 2. The lowest BCUT2D eigenvalue weighted by atomic mass is 9.88. The van der Waals surface area contributed by atoms with E-state index >= 15 is 0 Å². The number of hydrogen-bond donors (Lipinski definition) is 3. The lowest BCUT2D eigenvalue weighted by Crippen LogP contribution is -2.36. The topological polar surface area (TPSA) is 177 Å². The van der Waals surface area contributed by atoms with E-state index in [-0.39, 0.29) is 35.0 Å². The van der Waals surface area contributed by atoms with Gasteiger partial charge >= 0.3 is 5.97 Å². The molecule has 14 heteroatoms. The molecule has 0 spiro atoms. The lowest BCUT2D eigenvalue weighted by molar-refractivity contribution is 0.0694. The Balaban J connectivity index is 0.000000588. The normalized spacial score (nSPS) is 21.5. The van der Waals surface area contributed by atoms with Crippen molar-refractivity contribution in [3.05, 3.63) is 33.9 Å². The van der Waals surface area contributed by atoms with E-state index in [4.69, 9.17) is 15.1 Å². The number of anilines is 1. The summed E-state index contributed by atoms with van der Waals surface area (Å²) in [4.78, 5) is 35.1. The van der Waals surface area contributed by atoms with Gasteiger partial charge < -0.3 is 25.1 Å². The van der Waals surface area contributed by atoms with E-state index in [2.05, 4.69) is 10.1 Å². The van der Waals surface area contributed by atoms with Gasteiger partial charge in [-0.25, -0.2) is 14.2 Å². The summed E-state index contributed by atoms with van der Waals surface area (Å²) < 4.78 is 42.5. The highest BCUT2D eigenvalue weighted by Crippen LogP contribution is 2.38. The molecule has 4 rings (SSSR count). The van der Waals surface area contributed by atoms with Crippen molar-refractivity contribution in [2.45, 2.75) is 25.8 Å². The second-order valence-electron chi connectivity index (χ2n) is 8.55. The van der Waals surface area contributed by atoms with Crippen LogP contribution in [0, 0.1) is 11.2 Å². The van der Waals surface area contributed by atoms with Crippen LogP contribution < -0.4 is 16.1 Å². The zero-order valence-corrected chi connectivity index (χ0v) is 19.7. The molecule has 0 radical (unpaired) electrons. The first kappa shape index (κ1) is 25.5. The standard InChI is InChI=1S/C19H22FN5O4.CH4O3S/c1-19(8-21)9-24(7-14(19)23-29-2)17-13(20)5-11-15(26)12(18(27)28)6-25(10-3-4-10)16(11)22-17;1-5(2,3)4/h5-6,10H,3-4,7-9,21H2,1-2H3,(H,27,28);1H3,(H,2,3,4)/b23-14-;. The minimum Gasteiger partial charge on any atom is -0.477 e. The van der Waals surface area contributed by atoms with Gasteiger partial charge in [0.05, 0.1) is 23.9 Å². The minimum absolute atomic E-state index is 0.0374. The summed E-state index contributed by atoms with van der Waals surface area (Å²) in [5.41, 5.74) is 5.26. The Bertz CT molecular complexity index is 1310. The molecule has 2 aromatic heterocycles. The number of carboxylic acids is 1. The summed E-state index contributed by atoms with van der Waals surface area (Å²) in [7, 11) is -2.23. The van der Waals surface area contributed by atoms with Crippen LogP contribution >= 0.6 is 0 Å². The molecule has 12 nitrogen and oxygen atoms in total. The molecule has 1 aliphatic carbocycles. The van der Waals surface area contributed by atoms with Gasteiger partial charge in [0, 0.05) is 30.7 Å². The maximum atomic E-state index is 15.0.